The maximum absolute atomic E-state index is 11.5. The highest BCUT2D eigenvalue weighted by atomic mass is 16.6. The number of alkyl carbamates (subject to hydrolysis) is 1. The van der Waals surface area contributed by atoms with Crippen molar-refractivity contribution in [1.29, 1.82) is 0 Å². The van der Waals surface area contributed by atoms with E-state index in [2.05, 4.69) is 10.2 Å². The Labute approximate surface area is 112 Å². The summed E-state index contributed by atoms with van der Waals surface area (Å²) in [4.78, 5) is 13.8. The van der Waals surface area contributed by atoms with Gasteiger partial charge in [0.15, 0.2) is 6.10 Å². The third-order valence-corrected chi connectivity index (χ3v) is 3.59. The van der Waals surface area contributed by atoms with Gasteiger partial charge in [-0.3, -0.25) is 4.90 Å². The van der Waals surface area contributed by atoms with E-state index in [4.69, 9.17) is 9.47 Å². The van der Waals surface area contributed by atoms with Gasteiger partial charge in [-0.05, 0) is 5.56 Å². The molecule has 1 N–H and O–H groups in total. The molecule has 2 aliphatic rings. The zero-order valence-electron chi connectivity index (χ0n) is 10.7. The zero-order valence-corrected chi connectivity index (χ0v) is 10.7. The molecule has 102 valence electrons. The summed E-state index contributed by atoms with van der Waals surface area (Å²) in [7, 11) is 0. The number of benzene rings is 1. The molecule has 0 spiro atoms. The highest BCUT2D eigenvalue weighted by Gasteiger charge is 2.36. The van der Waals surface area contributed by atoms with Crippen LogP contribution in [0.1, 0.15) is 11.7 Å². The standard InChI is InChI=1S/C14H18N2O3/c17-14-15-12(10-16-6-8-18-9-7-16)13(19-14)11-4-2-1-3-5-11/h1-5,12-13H,6-10H2,(H,15,17)/t12-,13-/m0/s1. The molecular weight excluding hydrogens is 244 g/mol. The number of rotatable bonds is 3. The Kier molecular flexibility index (Phi) is 3.66. The van der Waals surface area contributed by atoms with Crippen molar-refractivity contribution in [1.82, 2.24) is 10.2 Å². The SMILES string of the molecule is O=C1N[C@@H](CN2CCOCC2)[C@H](c2ccccc2)O1. The van der Waals surface area contributed by atoms with E-state index < -0.39 is 0 Å². The van der Waals surface area contributed by atoms with Crippen LogP contribution >= 0.6 is 0 Å². The molecule has 0 aliphatic carbocycles. The van der Waals surface area contributed by atoms with Gasteiger partial charge >= 0.3 is 6.09 Å². The normalized spacial score (nSPS) is 27.9. The molecule has 3 rings (SSSR count). The minimum atomic E-state index is -0.327. The molecule has 2 heterocycles. The summed E-state index contributed by atoms with van der Waals surface area (Å²) in [6.07, 6.45) is -0.524. The van der Waals surface area contributed by atoms with Crippen molar-refractivity contribution < 1.29 is 14.3 Å². The van der Waals surface area contributed by atoms with Gasteiger partial charge in [0.25, 0.3) is 0 Å². The Bertz CT molecular complexity index is 432. The van der Waals surface area contributed by atoms with Crippen molar-refractivity contribution >= 4 is 6.09 Å². The van der Waals surface area contributed by atoms with Gasteiger partial charge < -0.3 is 14.8 Å². The van der Waals surface area contributed by atoms with Crippen molar-refractivity contribution in [2.45, 2.75) is 12.1 Å². The molecule has 2 aliphatic heterocycles. The lowest BCUT2D eigenvalue weighted by atomic mass is 10.0. The van der Waals surface area contributed by atoms with Crippen LogP contribution in [0.15, 0.2) is 30.3 Å². The molecule has 0 radical (unpaired) electrons. The number of amides is 1. The topological polar surface area (TPSA) is 50.8 Å². The predicted octanol–water partition coefficient (Wildman–Crippen LogP) is 1.17. The van der Waals surface area contributed by atoms with Crippen LogP contribution in [0.2, 0.25) is 0 Å². The van der Waals surface area contributed by atoms with Crippen molar-refractivity contribution in [2.75, 3.05) is 32.8 Å². The van der Waals surface area contributed by atoms with Gasteiger partial charge in [0.1, 0.15) is 0 Å². The minimum Gasteiger partial charge on any atom is -0.439 e. The van der Waals surface area contributed by atoms with E-state index in [1.54, 1.807) is 0 Å². The molecule has 0 unspecified atom stereocenters. The van der Waals surface area contributed by atoms with E-state index in [0.717, 1.165) is 38.4 Å². The number of hydrogen-bond acceptors (Lipinski definition) is 4. The van der Waals surface area contributed by atoms with Crippen LogP contribution in [0, 0.1) is 0 Å². The van der Waals surface area contributed by atoms with Gasteiger partial charge in [0.2, 0.25) is 0 Å². The molecule has 0 saturated carbocycles. The zero-order chi connectivity index (χ0) is 13.1. The van der Waals surface area contributed by atoms with Crippen LogP contribution in [0.4, 0.5) is 4.79 Å². The summed E-state index contributed by atoms with van der Waals surface area (Å²) in [6.45, 7) is 4.14. The first-order chi connectivity index (χ1) is 9.33. The van der Waals surface area contributed by atoms with Crippen LogP contribution in [0.5, 0.6) is 0 Å². The molecule has 1 aromatic carbocycles. The molecule has 0 aromatic heterocycles. The highest BCUT2D eigenvalue weighted by Crippen LogP contribution is 2.26. The number of ether oxygens (including phenoxy) is 2. The lowest BCUT2D eigenvalue weighted by Gasteiger charge is -2.30. The summed E-state index contributed by atoms with van der Waals surface area (Å²) < 4.78 is 10.7. The molecule has 19 heavy (non-hydrogen) atoms. The number of carbonyl (C=O) groups is 1. The average Bonchev–Trinajstić information content (AvgIpc) is 2.82. The second kappa shape index (κ2) is 5.59. The van der Waals surface area contributed by atoms with E-state index in [-0.39, 0.29) is 18.2 Å². The van der Waals surface area contributed by atoms with E-state index in [1.165, 1.54) is 0 Å². The Morgan fingerprint density at radius 3 is 2.68 bits per heavy atom. The molecule has 1 amide bonds. The summed E-state index contributed by atoms with van der Waals surface area (Å²) in [5.74, 6) is 0. The van der Waals surface area contributed by atoms with E-state index in [9.17, 15) is 4.79 Å². The van der Waals surface area contributed by atoms with Crippen LogP contribution in [-0.4, -0.2) is 49.9 Å². The first-order valence-electron chi connectivity index (χ1n) is 6.65. The Morgan fingerprint density at radius 1 is 1.21 bits per heavy atom. The summed E-state index contributed by atoms with van der Waals surface area (Å²) in [5, 5.41) is 2.91. The molecule has 0 bridgehead atoms. The number of carbonyl (C=O) groups excluding carboxylic acids is 1. The molecule has 1 aromatic rings. The Balaban J connectivity index is 1.69. The van der Waals surface area contributed by atoms with Crippen molar-refractivity contribution in [3.05, 3.63) is 35.9 Å². The number of cyclic esters (lactones) is 1. The van der Waals surface area contributed by atoms with E-state index in [0.29, 0.717) is 0 Å². The number of hydrogen-bond donors (Lipinski definition) is 1. The fourth-order valence-electron chi connectivity index (χ4n) is 2.60. The quantitative estimate of drug-likeness (QED) is 0.888. The van der Waals surface area contributed by atoms with Crippen LogP contribution in [0.3, 0.4) is 0 Å². The lowest BCUT2D eigenvalue weighted by Crippen LogP contribution is -2.45. The fraction of sp³-hybridized carbons (Fsp3) is 0.500. The smallest absolute Gasteiger partial charge is 0.408 e. The molecule has 2 fully saturated rings. The van der Waals surface area contributed by atoms with Crippen molar-refractivity contribution in [3.63, 3.8) is 0 Å². The van der Waals surface area contributed by atoms with Gasteiger partial charge in [-0.1, -0.05) is 30.3 Å². The predicted molar refractivity (Wildman–Crippen MR) is 69.8 cm³/mol. The van der Waals surface area contributed by atoms with E-state index >= 15 is 0 Å². The van der Waals surface area contributed by atoms with Crippen LogP contribution in [-0.2, 0) is 9.47 Å². The first-order valence-corrected chi connectivity index (χ1v) is 6.65. The van der Waals surface area contributed by atoms with Gasteiger partial charge in [-0.15, -0.1) is 0 Å². The first kappa shape index (κ1) is 12.4. The van der Waals surface area contributed by atoms with Gasteiger partial charge in [-0.25, -0.2) is 4.79 Å². The molecule has 5 heteroatoms. The summed E-state index contributed by atoms with van der Waals surface area (Å²) >= 11 is 0. The number of nitrogens with zero attached hydrogens (tertiary/aromatic N) is 1. The lowest BCUT2D eigenvalue weighted by molar-refractivity contribution is 0.0293. The third kappa shape index (κ3) is 2.88. The largest absolute Gasteiger partial charge is 0.439 e. The van der Waals surface area contributed by atoms with Gasteiger partial charge in [-0.2, -0.15) is 0 Å². The van der Waals surface area contributed by atoms with Gasteiger partial charge in [0.05, 0.1) is 19.3 Å². The molecule has 2 saturated heterocycles. The molecule has 5 nitrogen and oxygen atoms in total. The third-order valence-electron chi connectivity index (χ3n) is 3.59. The summed E-state index contributed by atoms with van der Waals surface area (Å²) in [5.41, 5.74) is 1.04. The van der Waals surface area contributed by atoms with Crippen molar-refractivity contribution in [3.8, 4) is 0 Å². The average molecular weight is 262 g/mol. The van der Waals surface area contributed by atoms with Crippen LogP contribution in [0.25, 0.3) is 0 Å². The number of nitrogens with one attached hydrogen (secondary N) is 1. The molecule has 2 atom stereocenters. The summed E-state index contributed by atoms with van der Waals surface area (Å²) in [6, 6.07) is 9.90. The second-order valence-electron chi connectivity index (χ2n) is 4.90. The molecular formula is C14H18N2O3. The maximum Gasteiger partial charge on any atom is 0.408 e. The Hall–Kier alpha value is -1.59. The monoisotopic (exact) mass is 262 g/mol. The van der Waals surface area contributed by atoms with Crippen LogP contribution < -0.4 is 5.32 Å². The fourth-order valence-corrected chi connectivity index (χ4v) is 2.60. The Morgan fingerprint density at radius 2 is 1.95 bits per heavy atom. The van der Waals surface area contributed by atoms with Gasteiger partial charge in [0, 0.05) is 19.6 Å². The van der Waals surface area contributed by atoms with E-state index in [1.807, 2.05) is 30.3 Å². The highest BCUT2D eigenvalue weighted by molar-refractivity contribution is 5.70. The minimum absolute atomic E-state index is 0.00741. The second-order valence-corrected chi connectivity index (χ2v) is 4.90. The van der Waals surface area contributed by atoms with Crippen molar-refractivity contribution in [2.24, 2.45) is 0 Å². The number of morpholine rings is 1. The maximum atomic E-state index is 11.5.